The first-order valence-corrected chi connectivity index (χ1v) is 7.78. The van der Waals surface area contributed by atoms with E-state index >= 15 is 0 Å². The van der Waals surface area contributed by atoms with Crippen LogP contribution in [-0.2, 0) is 16.3 Å². The molecular formula is C14H14N4O2S. The number of hydrogen-bond donors (Lipinski definition) is 2. The Labute approximate surface area is 122 Å². The summed E-state index contributed by atoms with van der Waals surface area (Å²) in [4.78, 5) is 8.21. The Morgan fingerprint density at radius 2 is 2.00 bits per heavy atom. The Balaban J connectivity index is 2.36. The predicted molar refractivity (Wildman–Crippen MR) is 81.3 cm³/mol. The molecule has 6 nitrogen and oxygen atoms in total. The van der Waals surface area contributed by atoms with Gasteiger partial charge in [-0.1, -0.05) is 18.2 Å². The van der Waals surface area contributed by atoms with Crippen LogP contribution in [-0.4, -0.2) is 26.7 Å². The number of hydrogen-bond acceptors (Lipinski definition) is 6. The molecule has 0 fully saturated rings. The van der Waals surface area contributed by atoms with Crippen LogP contribution in [0.25, 0.3) is 0 Å². The zero-order chi connectivity index (χ0) is 15.2. The standard InChI is InChI=1S/C14H14N4O2S/c1-17-7-10-12(15)9-6-8-4-2-3-5-11(8)21(19,20)14(9)18-13(10)16/h2-5,7H,6H2,1H3,(H4,15,16,18). The molecule has 3 rings (SSSR count). The first-order valence-electron chi connectivity index (χ1n) is 6.29. The zero-order valence-corrected chi connectivity index (χ0v) is 12.2. The number of sulfone groups is 1. The summed E-state index contributed by atoms with van der Waals surface area (Å²) in [6.07, 6.45) is 1.90. The van der Waals surface area contributed by atoms with E-state index in [1.165, 1.54) is 6.21 Å². The van der Waals surface area contributed by atoms with E-state index in [0.717, 1.165) is 0 Å². The lowest BCUT2D eigenvalue weighted by atomic mass is 10.0. The second kappa shape index (κ2) is 4.56. The van der Waals surface area contributed by atoms with Gasteiger partial charge in [-0.15, -0.1) is 0 Å². The fraction of sp³-hybridized carbons (Fsp3) is 0.143. The quantitative estimate of drug-likeness (QED) is 0.652. The normalized spacial score (nSPS) is 15.7. The van der Waals surface area contributed by atoms with Crippen molar-refractivity contribution in [2.45, 2.75) is 16.3 Å². The van der Waals surface area contributed by atoms with Gasteiger partial charge in [0.1, 0.15) is 5.82 Å². The second-order valence-electron chi connectivity index (χ2n) is 4.78. The molecule has 0 aliphatic carbocycles. The number of nitrogens with zero attached hydrogens (tertiary/aromatic N) is 2. The fourth-order valence-corrected chi connectivity index (χ4v) is 4.19. The summed E-state index contributed by atoms with van der Waals surface area (Å²) in [5.74, 6) is 0.0693. The van der Waals surface area contributed by atoms with E-state index in [0.29, 0.717) is 28.8 Å². The highest BCUT2D eigenvalue weighted by atomic mass is 32.2. The topological polar surface area (TPSA) is 111 Å². The Kier molecular flexibility index (Phi) is 2.94. The molecule has 2 aromatic rings. The second-order valence-corrected chi connectivity index (χ2v) is 6.62. The number of anilines is 2. The lowest BCUT2D eigenvalue weighted by Crippen LogP contribution is -2.20. The highest BCUT2D eigenvalue weighted by Gasteiger charge is 2.33. The van der Waals surface area contributed by atoms with Crippen LogP contribution in [0.5, 0.6) is 0 Å². The van der Waals surface area contributed by atoms with Crippen LogP contribution in [0, 0.1) is 0 Å². The van der Waals surface area contributed by atoms with Crippen molar-refractivity contribution in [1.29, 1.82) is 0 Å². The van der Waals surface area contributed by atoms with Crippen molar-refractivity contribution >= 4 is 27.6 Å². The van der Waals surface area contributed by atoms with Gasteiger partial charge < -0.3 is 11.5 Å². The van der Waals surface area contributed by atoms with Gasteiger partial charge in [-0.3, -0.25) is 4.99 Å². The van der Waals surface area contributed by atoms with Crippen LogP contribution < -0.4 is 11.5 Å². The van der Waals surface area contributed by atoms with E-state index in [1.54, 1.807) is 31.3 Å². The van der Waals surface area contributed by atoms with Crippen molar-refractivity contribution in [2.75, 3.05) is 18.5 Å². The molecular weight excluding hydrogens is 288 g/mol. The summed E-state index contributed by atoms with van der Waals surface area (Å²) in [7, 11) is -2.11. The average Bonchev–Trinajstić information content (AvgIpc) is 2.45. The summed E-state index contributed by atoms with van der Waals surface area (Å²) in [5.41, 5.74) is 13.9. The molecule has 7 heteroatoms. The minimum atomic E-state index is -3.69. The first kappa shape index (κ1) is 13.6. The molecule has 2 heterocycles. The van der Waals surface area contributed by atoms with Crippen LogP contribution in [0.2, 0.25) is 0 Å². The number of nitrogen functional groups attached to an aromatic ring is 2. The Hall–Kier alpha value is -2.41. The fourth-order valence-electron chi connectivity index (χ4n) is 2.52. The van der Waals surface area contributed by atoms with Gasteiger partial charge in [-0.25, -0.2) is 13.4 Å². The number of rotatable bonds is 1. The molecule has 0 radical (unpaired) electrons. The Morgan fingerprint density at radius 1 is 1.29 bits per heavy atom. The summed E-state index contributed by atoms with van der Waals surface area (Å²) < 4.78 is 25.3. The lowest BCUT2D eigenvalue weighted by molar-refractivity contribution is 0.587. The first-order chi connectivity index (χ1) is 9.96. The van der Waals surface area contributed by atoms with Crippen molar-refractivity contribution in [1.82, 2.24) is 4.98 Å². The van der Waals surface area contributed by atoms with Crippen molar-refractivity contribution in [3.05, 3.63) is 41.0 Å². The van der Waals surface area contributed by atoms with Crippen molar-refractivity contribution in [3.63, 3.8) is 0 Å². The molecule has 0 saturated carbocycles. The van der Waals surface area contributed by atoms with Crippen LogP contribution in [0.15, 0.2) is 39.2 Å². The molecule has 1 aliphatic heterocycles. The third-order valence-electron chi connectivity index (χ3n) is 3.51. The van der Waals surface area contributed by atoms with E-state index < -0.39 is 9.84 Å². The van der Waals surface area contributed by atoms with E-state index in [4.69, 9.17) is 11.5 Å². The van der Waals surface area contributed by atoms with Crippen LogP contribution in [0.4, 0.5) is 11.5 Å². The molecule has 4 N–H and O–H groups in total. The predicted octanol–water partition coefficient (Wildman–Crippen LogP) is 1.03. The van der Waals surface area contributed by atoms with Gasteiger partial charge in [0.05, 0.1) is 16.1 Å². The molecule has 0 amide bonds. The molecule has 108 valence electrons. The number of fused-ring (bicyclic) bond motifs is 2. The molecule has 1 aromatic carbocycles. The van der Waals surface area contributed by atoms with Gasteiger partial charge in [-0.2, -0.15) is 0 Å². The summed E-state index contributed by atoms with van der Waals surface area (Å²) in [6.45, 7) is 0. The minimum absolute atomic E-state index is 0.0514. The van der Waals surface area contributed by atoms with Gasteiger partial charge in [0, 0.05) is 25.2 Å². The summed E-state index contributed by atoms with van der Waals surface area (Å²) in [5, 5.41) is -0.0514. The maximum absolute atomic E-state index is 12.7. The molecule has 1 aromatic heterocycles. The highest BCUT2D eigenvalue weighted by Crippen LogP contribution is 2.37. The number of aromatic nitrogens is 1. The van der Waals surface area contributed by atoms with E-state index in [-0.39, 0.29) is 15.7 Å². The molecule has 0 bridgehead atoms. The Bertz CT molecular complexity index is 873. The van der Waals surface area contributed by atoms with Gasteiger partial charge in [0.25, 0.3) is 0 Å². The monoisotopic (exact) mass is 302 g/mol. The third kappa shape index (κ3) is 1.89. The number of nitrogens with two attached hydrogens (primary N) is 2. The number of benzene rings is 1. The van der Waals surface area contributed by atoms with E-state index in [9.17, 15) is 8.42 Å². The van der Waals surface area contributed by atoms with Gasteiger partial charge >= 0.3 is 0 Å². The third-order valence-corrected chi connectivity index (χ3v) is 5.34. The minimum Gasteiger partial charge on any atom is -0.398 e. The zero-order valence-electron chi connectivity index (χ0n) is 11.4. The maximum Gasteiger partial charge on any atom is 0.224 e. The van der Waals surface area contributed by atoms with Gasteiger partial charge in [-0.05, 0) is 11.6 Å². The van der Waals surface area contributed by atoms with E-state index in [2.05, 4.69) is 9.98 Å². The SMILES string of the molecule is CN=Cc1c(N)nc2c(c1N)Cc1ccccc1S2(=O)=O. The molecule has 0 atom stereocenters. The van der Waals surface area contributed by atoms with Crippen molar-refractivity contribution in [2.24, 2.45) is 4.99 Å². The van der Waals surface area contributed by atoms with E-state index in [1.807, 2.05) is 0 Å². The molecule has 21 heavy (non-hydrogen) atoms. The van der Waals surface area contributed by atoms with Crippen LogP contribution in [0.1, 0.15) is 16.7 Å². The van der Waals surface area contributed by atoms with Gasteiger partial charge in [0.2, 0.25) is 9.84 Å². The van der Waals surface area contributed by atoms with Gasteiger partial charge in [0.15, 0.2) is 5.03 Å². The van der Waals surface area contributed by atoms with Crippen molar-refractivity contribution < 1.29 is 8.42 Å². The molecule has 0 unspecified atom stereocenters. The van der Waals surface area contributed by atoms with Crippen LogP contribution >= 0.6 is 0 Å². The molecule has 0 spiro atoms. The molecule has 0 saturated heterocycles. The average molecular weight is 302 g/mol. The molecule has 1 aliphatic rings. The highest BCUT2D eigenvalue weighted by molar-refractivity contribution is 7.91. The van der Waals surface area contributed by atoms with Crippen LogP contribution in [0.3, 0.4) is 0 Å². The smallest absolute Gasteiger partial charge is 0.224 e. The maximum atomic E-state index is 12.7. The summed E-state index contributed by atoms with van der Waals surface area (Å²) >= 11 is 0. The largest absolute Gasteiger partial charge is 0.398 e. The Morgan fingerprint density at radius 3 is 2.71 bits per heavy atom. The summed E-state index contributed by atoms with van der Waals surface area (Å²) in [6, 6.07) is 6.84. The number of aliphatic imine (C=N–C) groups is 1. The number of pyridine rings is 1. The van der Waals surface area contributed by atoms with Crippen molar-refractivity contribution in [3.8, 4) is 0 Å². The lowest BCUT2D eigenvalue weighted by Gasteiger charge is -2.21.